The normalized spacial score (nSPS) is 11.3. The second-order valence-electron chi connectivity index (χ2n) is 7.03. The Morgan fingerprint density at radius 2 is 1.62 bits per heavy atom. The third-order valence-corrected chi connectivity index (χ3v) is 6.63. The van der Waals surface area contributed by atoms with Crippen LogP contribution in [0.15, 0.2) is 90.0 Å². The lowest BCUT2D eigenvalue weighted by atomic mass is 10.1. The lowest BCUT2D eigenvalue weighted by Gasteiger charge is -2.23. The van der Waals surface area contributed by atoms with Crippen molar-refractivity contribution < 1.29 is 17.6 Å². The number of aromatic nitrogens is 3. The maximum absolute atomic E-state index is 14.1. The van der Waals surface area contributed by atoms with Gasteiger partial charge in [-0.05, 0) is 55.5 Å². The summed E-state index contributed by atoms with van der Waals surface area (Å²) in [5.74, 6) is -0.598. The predicted molar refractivity (Wildman–Crippen MR) is 118 cm³/mol. The highest BCUT2D eigenvalue weighted by atomic mass is 32.2. The average Bonchev–Trinajstić information content (AvgIpc) is 3.27. The van der Waals surface area contributed by atoms with Gasteiger partial charge in [-0.15, -0.1) is 5.10 Å². The number of rotatable bonds is 7. The summed E-state index contributed by atoms with van der Waals surface area (Å²) in [7, 11) is -3.95. The average molecular weight is 450 g/mol. The minimum atomic E-state index is -3.95. The minimum Gasteiger partial charge on any atom is -0.295 e. The highest BCUT2D eigenvalue weighted by Gasteiger charge is 2.26. The molecule has 0 aliphatic heterocycles. The first-order valence-electron chi connectivity index (χ1n) is 9.71. The molecule has 1 aromatic heterocycles. The van der Waals surface area contributed by atoms with Gasteiger partial charge in [-0.2, -0.15) is 0 Å². The summed E-state index contributed by atoms with van der Waals surface area (Å²) >= 11 is 0. The molecular weight excluding hydrogens is 431 g/mol. The van der Waals surface area contributed by atoms with Crippen molar-refractivity contribution in [2.75, 3.05) is 4.31 Å². The summed E-state index contributed by atoms with van der Waals surface area (Å²) in [6.07, 6.45) is 1.48. The Morgan fingerprint density at radius 1 is 0.969 bits per heavy atom. The molecule has 9 heteroatoms. The second-order valence-corrected chi connectivity index (χ2v) is 8.90. The number of halogens is 1. The molecule has 32 heavy (non-hydrogen) atoms. The molecule has 0 saturated heterocycles. The highest BCUT2D eigenvalue weighted by Crippen LogP contribution is 2.26. The largest absolute Gasteiger partial charge is 0.295 e. The number of Topliss-reactive ketones (excluding diaryl/α,β-unsaturated/α-hetero) is 1. The van der Waals surface area contributed by atoms with Gasteiger partial charge in [0.2, 0.25) is 0 Å². The van der Waals surface area contributed by atoms with Crippen LogP contribution in [0, 0.1) is 5.82 Å². The predicted octanol–water partition coefficient (Wildman–Crippen LogP) is 4.00. The SMILES string of the molecule is CC(=O)c1ccc(N(Cc2cn(-c3ccccc3F)nn2)S(=O)(=O)c2ccccc2)cc1. The molecule has 3 aromatic carbocycles. The molecule has 162 valence electrons. The van der Waals surface area contributed by atoms with Crippen LogP contribution >= 0.6 is 0 Å². The molecule has 0 atom stereocenters. The summed E-state index contributed by atoms with van der Waals surface area (Å²) in [5, 5.41) is 7.98. The smallest absolute Gasteiger partial charge is 0.264 e. The third-order valence-electron chi connectivity index (χ3n) is 4.84. The fraction of sp³-hybridized carbons (Fsp3) is 0.0870. The van der Waals surface area contributed by atoms with Crippen molar-refractivity contribution in [2.45, 2.75) is 18.4 Å². The van der Waals surface area contributed by atoms with Gasteiger partial charge < -0.3 is 0 Å². The number of ketones is 1. The number of hydrogen-bond acceptors (Lipinski definition) is 5. The van der Waals surface area contributed by atoms with Crippen molar-refractivity contribution in [2.24, 2.45) is 0 Å². The number of hydrogen-bond donors (Lipinski definition) is 0. The van der Waals surface area contributed by atoms with Gasteiger partial charge in [-0.3, -0.25) is 9.10 Å². The van der Waals surface area contributed by atoms with E-state index < -0.39 is 15.8 Å². The summed E-state index contributed by atoms with van der Waals surface area (Å²) < 4.78 is 43.4. The maximum Gasteiger partial charge on any atom is 0.264 e. The molecule has 0 aliphatic carbocycles. The highest BCUT2D eigenvalue weighted by molar-refractivity contribution is 7.92. The summed E-state index contributed by atoms with van der Waals surface area (Å²) in [6.45, 7) is 1.31. The number of carbonyl (C=O) groups is 1. The molecule has 0 aliphatic rings. The molecule has 0 spiro atoms. The molecule has 0 bridgehead atoms. The van der Waals surface area contributed by atoms with Crippen molar-refractivity contribution >= 4 is 21.5 Å². The standard InChI is InChI=1S/C23H19FN4O3S/c1-17(29)18-11-13-20(14-12-18)28(32(30,31)21-7-3-2-4-8-21)16-19-15-27(26-25-19)23-10-6-5-9-22(23)24/h2-15H,16H2,1H3. The first kappa shape index (κ1) is 21.4. The number of carbonyl (C=O) groups excluding carboxylic acids is 1. The van der Waals surface area contributed by atoms with Crippen LogP contribution in [0.1, 0.15) is 23.0 Å². The molecule has 4 rings (SSSR count). The van der Waals surface area contributed by atoms with E-state index in [-0.39, 0.29) is 22.9 Å². The van der Waals surface area contributed by atoms with E-state index in [4.69, 9.17) is 0 Å². The van der Waals surface area contributed by atoms with E-state index in [2.05, 4.69) is 10.3 Å². The second kappa shape index (κ2) is 8.72. The van der Waals surface area contributed by atoms with Gasteiger partial charge in [0.05, 0.1) is 23.3 Å². The maximum atomic E-state index is 14.1. The van der Waals surface area contributed by atoms with Crippen molar-refractivity contribution in [1.82, 2.24) is 15.0 Å². The summed E-state index contributed by atoms with van der Waals surface area (Å²) in [5.41, 5.74) is 1.36. The zero-order chi connectivity index (χ0) is 22.7. The Hall–Kier alpha value is -3.85. The Balaban J connectivity index is 1.73. The zero-order valence-corrected chi connectivity index (χ0v) is 17.9. The molecule has 0 saturated carbocycles. The Morgan fingerprint density at radius 3 is 2.28 bits per heavy atom. The zero-order valence-electron chi connectivity index (χ0n) is 17.1. The van der Waals surface area contributed by atoms with E-state index in [1.165, 1.54) is 40.3 Å². The van der Waals surface area contributed by atoms with Crippen LogP contribution in [0.25, 0.3) is 5.69 Å². The lowest BCUT2D eigenvalue weighted by Crippen LogP contribution is -2.30. The van der Waals surface area contributed by atoms with Gasteiger partial charge in [-0.25, -0.2) is 17.5 Å². The Bertz CT molecular complexity index is 1350. The van der Waals surface area contributed by atoms with Gasteiger partial charge in [0.1, 0.15) is 17.2 Å². The van der Waals surface area contributed by atoms with Gasteiger partial charge in [0.15, 0.2) is 5.78 Å². The fourth-order valence-corrected chi connectivity index (χ4v) is 4.63. The molecule has 1 heterocycles. The van der Waals surface area contributed by atoms with Crippen LogP contribution < -0.4 is 4.31 Å². The number of para-hydroxylation sites is 1. The number of sulfonamides is 1. The van der Waals surface area contributed by atoms with Gasteiger partial charge in [0, 0.05) is 5.56 Å². The van der Waals surface area contributed by atoms with Crippen LogP contribution in [-0.2, 0) is 16.6 Å². The molecule has 4 aromatic rings. The third kappa shape index (κ3) is 4.28. The summed E-state index contributed by atoms with van der Waals surface area (Å²) in [6, 6.07) is 20.4. The van der Waals surface area contributed by atoms with E-state index in [0.717, 1.165) is 0 Å². The van der Waals surface area contributed by atoms with Crippen molar-refractivity contribution in [3.8, 4) is 5.69 Å². The monoisotopic (exact) mass is 450 g/mol. The van der Waals surface area contributed by atoms with E-state index in [0.29, 0.717) is 16.9 Å². The topological polar surface area (TPSA) is 85.2 Å². The summed E-state index contributed by atoms with van der Waals surface area (Å²) in [4.78, 5) is 11.7. The van der Waals surface area contributed by atoms with E-state index in [1.807, 2.05) is 0 Å². The molecule has 7 nitrogen and oxygen atoms in total. The quantitative estimate of drug-likeness (QED) is 0.397. The van der Waals surface area contributed by atoms with Crippen LogP contribution in [0.3, 0.4) is 0 Å². The van der Waals surface area contributed by atoms with E-state index >= 15 is 0 Å². The Labute approximate surface area is 184 Å². The van der Waals surface area contributed by atoms with Crippen molar-refractivity contribution in [1.29, 1.82) is 0 Å². The molecule has 0 fully saturated rings. The molecule has 0 radical (unpaired) electrons. The minimum absolute atomic E-state index is 0.108. The molecule has 0 N–H and O–H groups in total. The van der Waals surface area contributed by atoms with Gasteiger partial charge in [-0.1, -0.05) is 35.5 Å². The first-order chi connectivity index (χ1) is 15.4. The fourth-order valence-electron chi connectivity index (χ4n) is 3.17. The molecular formula is C23H19FN4O3S. The molecule has 0 unspecified atom stereocenters. The van der Waals surface area contributed by atoms with Crippen LogP contribution in [0.5, 0.6) is 0 Å². The number of anilines is 1. The number of nitrogens with zero attached hydrogens (tertiary/aromatic N) is 4. The van der Waals surface area contributed by atoms with Crippen LogP contribution in [0.4, 0.5) is 10.1 Å². The van der Waals surface area contributed by atoms with E-state index in [1.54, 1.807) is 60.7 Å². The Kier molecular flexibility index (Phi) is 5.83. The van der Waals surface area contributed by atoms with Crippen LogP contribution in [-0.4, -0.2) is 29.2 Å². The first-order valence-corrected chi connectivity index (χ1v) is 11.2. The van der Waals surface area contributed by atoms with Gasteiger partial charge >= 0.3 is 0 Å². The number of benzene rings is 3. The molecule has 0 amide bonds. The van der Waals surface area contributed by atoms with E-state index in [9.17, 15) is 17.6 Å². The van der Waals surface area contributed by atoms with Crippen LogP contribution in [0.2, 0.25) is 0 Å². The van der Waals surface area contributed by atoms with Gasteiger partial charge in [0.25, 0.3) is 10.0 Å². The van der Waals surface area contributed by atoms with Crippen molar-refractivity contribution in [3.63, 3.8) is 0 Å². The lowest BCUT2D eigenvalue weighted by molar-refractivity contribution is 0.101. The van der Waals surface area contributed by atoms with Crippen molar-refractivity contribution in [3.05, 3.63) is 102 Å².